The smallest absolute Gasteiger partial charge is 0.241 e. The highest BCUT2D eigenvalue weighted by Crippen LogP contribution is 2.34. The SMILES string of the molecule is CCCOc1ncnc(Sc2cccc(Cl)c2)c1N. The number of anilines is 1. The van der Waals surface area contributed by atoms with Gasteiger partial charge in [-0.15, -0.1) is 0 Å². The van der Waals surface area contributed by atoms with Crippen LogP contribution in [0.1, 0.15) is 13.3 Å². The Morgan fingerprint density at radius 1 is 1.37 bits per heavy atom. The molecular weight excluding hydrogens is 282 g/mol. The highest BCUT2D eigenvalue weighted by molar-refractivity contribution is 7.99. The fraction of sp³-hybridized carbons (Fsp3) is 0.231. The molecule has 0 aliphatic heterocycles. The molecule has 1 aromatic carbocycles. The molecule has 0 aliphatic carbocycles. The van der Waals surface area contributed by atoms with Crippen LogP contribution in [0.3, 0.4) is 0 Å². The van der Waals surface area contributed by atoms with Crippen LogP contribution in [0.4, 0.5) is 5.69 Å². The monoisotopic (exact) mass is 295 g/mol. The zero-order valence-corrected chi connectivity index (χ0v) is 12.0. The minimum atomic E-state index is 0.432. The highest BCUT2D eigenvalue weighted by atomic mass is 35.5. The van der Waals surface area contributed by atoms with E-state index in [1.54, 1.807) is 0 Å². The van der Waals surface area contributed by atoms with Crippen LogP contribution in [0.25, 0.3) is 0 Å². The van der Waals surface area contributed by atoms with Crippen molar-refractivity contribution in [1.29, 1.82) is 0 Å². The Morgan fingerprint density at radius 3 is 2.95 bits per heavy atom. The van der Waals surface area contributed by atoms with Crippen molar-refractivity contribution < 1.29 is 4.74 Å². The standard InChI is InChI=1S/C13H14ClN3OS/c1-2-6-18-12-11(15)13(17-8-16-12)19-10-5-3-4-9(14)7-10/h3-5,7-8H,2,6,15H2,1H3. The number of nitrogens with two attached hydrogens (primary N) is 1. The molecule has 2 aromatic rings. The molecule has 1 heterocycles. The lowest BCUT2D eigenvalue weighted by atomic mass is 10.4. The summed E-state index contributed by atoms with van der Waals surface area (Å²) >= 11 is 7.38. The predicted molar refractivity (Wildman–Crippen MR) is 77.8 cm³/mol. The summed E-state index contributed by atoms with van der Waals surface area (Å²) in [5.41, 5.74) is 6.47. The molecule has 0 saturated heterocycles. The van der Waals surface area contributed by atoms with Crippen molar-refractivity contribution in [1.82, 2.24) is 9.97 Å². The van der Waals surface area contributed by atoms with Crippen LogP contribution in [0, 0.1) is 0 Å². The van der Waals surface area contributed by atoms with E-state index in [9.17, 15) is 0 Å². The number of hydrogen-bond donors (Lipinski definition) is 1. The molecular formula is C13H14ClN3OS. The largest absolute Gasteiger partial charge is 0.476 e. The molecule has 2 rings (SSSR count). The van der Waals surface area contributed by atoms with Crippen LogP contribution >= 0.6 is 23.4 Å². The second-order valence-corrected chi connectivity index (χ2v) is 5.30. The third-order valence-electron chi connectivity index (χ3n) is 2.26. The molecule has 0 aliphatic rings. The average Bonchev–Trinajstić information content (AvgIpc) is 2.40. The van der Waals surface area contributed by atoms with Crippen molar-refractivity contribution in [2.45, 2.75) is 23.3 Å². The second-order valence-electron chi connectivity index (χ2n) is 3.81. The number of rotatable bonds is 5. The molecule has 0 fully saturated rings. The van der Waals surface area contributed by atoms with Gasteiger partial charge in [-0.1, -0.05) is 36.4 Å². The zero-order valence-electron chi connectivity index (χ0n) is 10.5. The van der Waals surface area contributed by atoms with Crippen LogP contribution in [0.15, 0.2) is 40.5 Å². The number of nitrogen functional groups attached to an aromatic ring is 1. The fourth-order valence-corrected chi connectivity index (χ4v) is 2.51. The average molecular weight is 296 g/mol. The van der Waals surface area contributed by atoms with Gasteiger partial charge >= 0.3 is 0 Å². The van der Waals surface area contributed by atoms with E-state index >= 15 is 0 Å². The number of hydrogen-bond acceptors (Lipinski definition) is 5. The van der Waals surface area contributed by atoms with Crippen molar-refractivity contribution in [3.63, 3.8) is 0 Å². The molecule has 4 nitrogen and oxygen atoms in total. The maximum absolute atomic E-state index is 6.01. The second kappa shape index (κ2) is 6.63. The van der Waals surface area contributed by atoms with Crippen molar-refractivity contribution in [3.05, 3.63) is 35.6 Å². The molecule has 6 heteroatoms. The summed E-state index contributed by atoms with van der Waals surface area (Å²) in [4.78, 5) is 9.19. The van der Waals surface area contributed by atoms with E-state index in [4.69, 9.17) is 22.1 Å². The summed E-state index contributed by atoms with van der Waals surface area (Å²) in [6.07, 6.45) is 2.36. The summed E-state index contributed by atoms with van der Waals surface area (Å²) in [5, 5.41) is 1.35. The Morgan fingerprint density at radius 2 is 2.21 bits per heavy atom. The van der Waals surface area contributed by atoms with Crippen LogP contribution in [0.5, 0.6) is 5.88 Å². The summed E-state index contributed by atoms with van der Waals surface area (Å²) in [6, 6.07) is 7.52. The lowest BCUT2D eigenvalue weighted by Crippen LogP contribution is -2.03. The first-order valence-electron chi connectivity index (χ1n) is 5.87. The molecule has 0 radical (unpaired) electrons. The summed E-state index contributed by atoms with van der Waals surface area (Å²) in [6.45, 7) is 2.61. The highest BCUT2D eigenvalue weighted by Gasteiger charge is 2.10. The summed E-state index contributed by atoms with van der Waals surface area (Å²) in [5.74, 6) is 0.432. The van der Waals surface area contributed by atoms with Crippen molar-refractivity contribution >= 4 is 29.1 Å². The van der Waals surface area contributed by atoms with E-state index in [1.807, 2.05) is 31.2 Å². The van der Waals surface area contributed by atoms with E-state index < -0.39 is 0 Å². The molecule has 0 amide bonds. The van der Waals surface area contributed by atoms with E-state index in [0.29, 0.717) is 28.2 Å². The minimum Gasteiger partial charge on any atom is -0.476 e. The van der Waals surface area contributed by atoms with E-state index in [2.05, 4.69) is 9.97 Å². The Labute approximate surface area is 121 Å². The van der Waals surface area contributed by atoms with Gasteiger partial charge in [0.25, 0.3) is 0 Å². The number of benzene rings is 1. The quantitative estimate of drug-likeness (QED) is 0.853. The third kappa shape index (κ3) is 3.75. The summed E-state index contributed by atoms with van der Waals surface area (Å²) < 4.78 is 5.47. The van der Waals surface area contributed by atoms with Gasteiger partial charge in [-0.25, -0.2) is 4.98 Å². The maximum atomic E-state index is 6.01. The van der Waals surface area contributed by atoms with Gasteiger partial charge in [0.1, 0.15) is 17.0 Å². The lowest BCUT2D eigenvalue weighted by molar-refractivity contribution is 0.305. The van der Waals surface area contributed by atoms with Crippen LogP contribution < -0.4 is 10.5 Å². The third-order valence-corrected chi connectivity index (χ3v) is 3.51. The molecule has 1 aromatic heterocycles. The van der Waals surface area contributed by atoms with E-state index in [-0.39, 0.29) is 0 Å². The van der Waals surface area contributed by atoms with E-state index in [0.717, 1.165) is 11.3 Å². The van der Waals surface area contributed by atoms with Crippen molar-refractivity contribution in [2.75, 3.05) is 12.3 Å². The summed E-state index contributed by atoms with van der Waals surface area (Å²) in [7, 11) is 0. The van der Waals surface area contributed by atoms with Gasteiger partial charge in [0.15, 0.2) is 0 Å². The molecule has 2 N–H and O–H groups in total. The van der Waals surface area contributed by atoms with E-state index in [1.165, 1.54) is 18.1 Å². The van der Waals surface area contributed by atoms with Gasteiger partial charge < -0.3 is 10.5 Å². The molecule has 0 unspecified atom stereocenters. The van der Waals surface area contributed by atoms with Gasteiger partial charge in [0.05, 0.1) is 6.61 Å². The lowest BCUT2D eigenvalue weighted by Gasteiger charge is -2.09. The number of aromatic nitrogens is 2. The molecule has 0 spiro atoms. The molecule has 0 atom stereocenters. The maximum Gasteiger partial charge on any atom is 0.241 e. The fourth-order valence-electron chi connectivity index (χ4n) is 1.40. The van der Waals surface area contributed by atoms with Crippen molar-refractivity contribution in [2.24, 2.45) is 0 Å². The molecule has 19 heavy (non-hydrogen) atoms. The number of ether oxygens (including phenoxy) is 1. The Kier molecular flexibility index (Phi) is 4.87. The van der Waals surface area contributed by atoms with Crippen molar-refractivity contribution in [3.8, 4) is 5.88 Å². The zero-order chi connectivity index (χ0) is 13.7. The Balaban J connectivity index is 2.20. The van der Waals surface area contributed by atoms with Gasteiger partial charge in [-0.05, 0) is 24.6 Å². The number of halogens is 1. The molecule has 0 saturated carbocycles. The van der Waals surface area contributed by atoms with Gasteiger partial charge in [-0.3, -0.25) is 0 Å². The Hall–Kier alpha value is -1.46. The first-order chi connectivity index (χ1) is 9.20. The predicted octanol–water partition coefficient (Wildman–Crippen LogP) is 3.65. The first kappa shape index (κ1) is 14.0. The molecule has 0 bridgehead atoms. The molecule has 100 valence electrons. The first-order valence-corrected chi connectivity index (χ1v) is 7.07. The number of nitrogens with zero attached hydrogens (tertiary/aromatic N) is 2. The van der Waals surface area contributed by atoms with Crippen LogP contribution in [0.2, 0.25) is 5.02 Å². The topological polar surface area (TPSA) is 61.0 Å². The van der Waals surface area contributed by atoms with Gasteiger partial charge in [-0.2, -0.15) is 4.98 Å². The van der Waals surface area contributed by atoms with Crippen LogP contribution in [-0.4, -0.2) is 16.6 Å². The van der Waals surface area contributed by atoms with Crippen LogP contribution in [-0.2, 0) is 0 Å². The normalized spacial score (nSPS) is 10.4. The van der Waals surface area contributed by atoms with Gasteiger partial charge in [0, 0.05) is 9.92 Å². The van der Waals surface area contributed by atoms with Gasteiger partial charge in [0.2, 0.25) is 5.88 Å². The minimum absolute atomic E-state index is 0.432. The Bertz CT molecular complexity index is 565.